The van der Waals surface area contributed by atoms with Gasteiger partial charge in [-0.05, 0) is 31.2 Å². The second-order valence-electron chi connectivity index (χ2n) is 7.01. The molecule has 0 unspecified atom stereocenters. The normalized spacial score (nSPS) is 12.2. The Morgan fingerprint density at radius 3 is 2.17 bits per heavy atom. The Labute approximate surface area is 177 Å². The van der Waals surface area contributed by atoms with E-state index < -0.39 is 20.1 Å². The molecular formula is C21H24N2O5S2. The van der Waals surface area contributed by atoms with Crippen LogP contribution < -0.4 is 9.62 Å². The van der Waals surface area contributed by atoms with Gasteiger partial charge in [0.1, 0.15) is 0 Å². The van der Waals surface area contributed by atoms with E-state index >= 15 is 0 Å². The van der Waals surface area contributed by atoms with Crippen LogP contribution in [0.4, 0.5) is 5.69 Å². The number of hydrogen-bond acceptors (Lipinski definition) is 6. The summed E-state index contributed by atoms with van der Waals surface area (Å²) in [6, 6.07) is 16.8. The first kappa shape index (κ1) is 22.2. The summed E-state index contributed by atoms with van der Waals surface area (Å²) in [4.78, 5) is 2.07. The SMILES string of the molecule is Cc1ccc(S(=O)(=O)OCCNS(=O)(=O)c2cccc3c(N(C)C)cccc23)cc1. The highest BCUT2D eigenvalue weighted by Gasteiger charge is 2.19. The molecule has 30 heavy (non-hydrogen) atoms. The third kappa shape index (κ3) is 4.81. The lowest BCUT2D eigenvalue weighted by Gasteiger charge is -2.17. The Hall–Kier alpha value is -2.46. The Morgan fingerprint density at radius 1 is 0.867 bits per heavy atom. The molecule has 0 aromatic heterocycles. The topological polar surface area (TPSA) is 92.8 Å². The molecule has 3 rings (SSSR count). The van der Waals surface area contributed by atoms with Crippen molar-refractivity contribution in [2.45, 2.75) is 16.7 Å². The Bertz CT molecular complexity index is 1250. The standard InChI is InChI=1S/C21H24N2O5S2/c1-16-10-12-17(13-11-16)30(26,27)28-15-14-22-29(24,25)21-9-5-6-18-19(21)7-4-8-20(18)23(2)3/h4-13,22H,14-15H2,1-3H3. The number of sulfonamides is 1. The summed E-state index contributed by atoms with van der Waals surface area (Å²) in [7, 11) is -4.03. The lowest BCUT2D eigenvalue weighted by atomic mass is 10.1. The van der Waals surface area contributed by atoms with Crippen LogP contribution in [0.5, 0.6) is 0 Å². The Balaban J connectivity index is 1.73. The summed E-state index contributed by atoms with van der Waals surface area (Å²) in [5.74, 6) is 0. The fourth-order valence-corrected chi connectivity index (χ4v) is 5.21. The molecule has 0 aliphatic rings. The maximum absolute atomic E-state index is 12.8. The van der Waals surface area contributed by atoms with Crippen LogP contribution >= 0.6 is 0 Å². The average molecular weight is 449 g/mol. The monoisotopic (exact) mass is 448 g/mol. The Morgan fingerprint density at radius 2 is 1.50 bits per heavy atom. The van der Waals surface area contributed by atoms with Crippen molar-refractivity contribution in [1.82, 2.24) is 4.72 Å². The fraction of sp³-hybridized carbons (Fsp3) is 0.238. The highest BCUT2D eigenvalue weighted by Crippen LogP contribution is 2.30. The molecule has 0 radical (unpaired) electrons. The molecule has 0 bridgehead atoms. The molecular weight excluding hydrogens is 424 g/mol. The van der Waals surface area contributed by atoms with E-state index in [4.69, 9.17) is 4.18 Å². The van der Waals surface area contributed by atoms with Crippen LogP contribution in [0.25, 0.3) is 10.8 Å². The van der Waals surface area contributed by atoms with E-state index in [0.717, 1.165) is 16.6 Å². The first-order valence-corrected chi connectivity index (χ1v) is 12.2. The van der Waals surface area contributed by atoms with Crippen molar-refractivity contribution in [2.75, 3.05) is 32.1 Å². The molecule has 0 aliphatic heterocycles. The van der Waals surface area contributed by atoms with E-state index in [1.54, 1.807) is 30.3 Å². The fourth-order valence-electron chi connectivity index (χ4n) is 3.07. The van der Waals surface area contributed by atoms with Gasteiger partial charge in [0.25, 0.3) is 10.1 Å². The minimum absolute atomic E-state index is 0.0289. The van der Waals surface area contributed by atoms with Crippen LogP contribution in [0.1, 0.15) is 5.56 Å². The molecule has 0 heterocycles. The van der Waals surface area contributed by atoms with Crippen molar-refractivity contribution in [3.05, 3.63) is 66.2 Å². The maximum atomic E-state index is 12.8. The van der Waals surface area contributed by atoms with Gasteiger partial charge in [0, 0.05) is 37.1 Å². The third-order valence-electron chi connectivity index (χ3n) is 4.57. The molecule has 0 saturated carbocycles. The van der Waals surface area contributed by atoms with E-state index in [2.05, 4.69) is 4.72 Å². The van der Waals surface area contributed by atoms with E-state index in [1.807, 2.05) is 38.1 Å². The van der Waals surface area contributed by atoms with Gasteiger partial charge in [-0.2, -0.15) is 8.42 Å². The van der Waals surface area contributed by atoms with Gasteiger partial charge in [0.05, 0.1) is 16.4 Å². The van der Waals surface area contributed by atoms with Crippen molar-refractivity contribution in [3.8, 4) is 0 Å². The van der Waals surface area contributed by atoms with Crippen molar-refractivity contribution in [1.29, 1.82) is 0 Å². The van der Waals surface area contributed by atoms with Crippen LogP contribution in [-0.4, -0.2) is 44.1 Å². The lowest BCUT2D eigenvalue weighted by molar-refractivity contribution is 0.322. The van der Waals surface area contributed by atoms with Gasteiger partial charge in [-0.3, -0.25) is 4.18 Å². The lowest BCUT2D eigenvalue weighted by Crippen LogP contribution is -2.28. The van der Waals surface area contributed by atoms with Gasteiger partial charge in [-0.25, -0.2) is 13.1 Å². The van der Waals surface area contributed by atoms with E-state index in [9.17, 15) is 16.8 Å². The zero-order valence-electron chi connectivity index (χ0n) is 17.0. The number of anilines is 1. The summed E-state index contributed by atoms with van der Waals surface area (Å²) < 4.78 is 57.5. The first-order valence-electron chi connectivity index (χ1n) is 9.27. The summed E-state index contributed by atoms with van der Waals surface area (Å²) in [5, 5.41) is 1.40. The predicted molar refractivity (Wildman–Crippen MR) is 118 cm³/mol. The minimum Gasteiger partial charge on any atom is -0.377 e. The minimum atomic E-state index is -3.95. The molecule has 0 aliphatic carbocycles. The second-order valence-corrected chi connectivity index (χ2v) is 10.4. The highest BCUT2D eigenvalue weighted by atomic mass is 32.2. The van der Waals surface area contributed by atoms with Crippen molar-refractivity contribution in [3.63, 3.8) is 0 Å². The molecule has 7 nitrogen and oxygen atoms in total. The molecule has 3 aromatic rings. The number of nitrogens with one attached hydrogen (secondary N) is 1. The van der Waals surface area contributed by atoms with Crippen molar-refractivity contribution >= 4 is 36.6 Å². The highest BCUT2D eigenvalue weighted by molar-refractivity contribution is 7.89. The van der Waals surface area contributed by atoms with Crippen LogP contribution in [0.2, 0.25) is 0 Å². The summed E-state index contributed by atoms with van der Waals surface area (Å²) in [5.41, 5.74) is 1.83. The van der Waals surface area contributed by atoms with Gasteiger partial charge < -0.3 is 4.90 Å². The number of hydrogen-bond donors (Lipinski definition) is 1. The third-order valence-corrected chi connectivity index (χ3v) is 7.42. The molecule has 0 spiro atoms. The molecule has 0 saturated heterocycles. The first-order chi connectivity index (χ1) is 14.1. The van der Waals surface area contributed by atoms with Crippen molar-refractivity contribution in [2.24, 2.45) is 0 Å². The van der Waals surface area contributed by atoms with Gasteiger partial charge in [0.2, 0.25) is 10.0 Å². The number of aryl methyl sites for hydroxylation is 1. The van der Waals surface area contributed by atoms with E-state index in [1.165, 1.54) is 18.2 Å². The zero-order valence-corrected chi connectivity index (χ0v) is 18.6. The maximum Gasteiger partial charge on any atom is 0.297 e. The summed E-state index contributed by atoms with van der Waals surface area (Å²) in [6.45, 7) is 1.35. The summed E-state index contributed by atoms with van der Waals surface area (Å²) >= 11 is 0. The van der Waals surface area contributed by atoms with Crippen LogP contribution in [0, 0.1) is 6.92 Å². The molecule has 9 heteroatoms. The average Bonchev–Trinajstić information content (AvgIpc) is 2.70. The second kappa shape index (κ2) is 8.73. The number of fused-ring (bicyclic) bond motifs is 1. The largest absolute Gasteiger partial charge is 0.377 e. The van der Waals surface area contributed by atoms with E-state index in [-0.39, 0.29) is 22.9 Å². The summed E-state index contributed by atoms with van der Waals surface area (Å²) in [6.07, 6.45) is 0. The number of nitrogens with zero attached hydrogens (tertiary/aromatic N) is 1. The van der Waals surface area contributed by atoms with Crippen LogP contribution in [0.15, 0.2) is 70.5 Å². The molecule has 3 aromatic carbocycles. The molecule has 0 fully saturated rings. The number of benzene rings is 3. The zero-order chi connectivity index (χ0) is 21.9. The Kier molecular flexibility index (Phi) is 6.47. The van der Waals surface area contributed by atoms with Gasteiger partial charge in [-0.1, -0.05) is 42.0 Å². The quantitative estimate of drug-likeness (QED) is 0.421. The predicted octanol–water partition coefficient (Wildman–Crippen LogP) is 2.90. The van der Waals surface area contributed by atoms with Crippen molar-refractivity contribution < 1.29 is 21.0 Å². The van der Waals surface area contributed by atoms with Crippen LogP contribution in [0.3, 0.4) is 0 Å². The smallest absolute Gasteiger partial charge is 0.297 e. The molecule has 0 amide bonds. The van der Waals surface area contributed by atoms with Crippen LogP contribution in [-0.2, 0) is 24.3 Å². The molecule has 160 valence electrons. The van der Waals surface area contributed by atoms with Gasteiger partial charge in [-0.15, -0.1) is 0 Å². The van der Waals surface area contributed by atoms with Gasteiger partial charge in [0.15, 0.2) is 0 Å². The molecule has 0 atom stereocenters. The van der Waals surface area contributed by atoms with Gasteiger partial charge >= 0.3 is 0 Å². The molecule has 1 N–H and O–H groups in total. The van der Waals surface area contributed by atoms with E-state index in [0.29, 0.717) is 5.39 Å². The number of rotatable bonds is 8.